The first-order chi connectivity index (χ1) is 10.6. The fraction of sp³-hybridized carbons (Fsp3) is 0.167. The summed E-state index contributed by atoms with van der Waals surface area (Å²) < 4.78 is 0. The van der Waals surface area contributed by atoms with Gasteiger partial charge in [-0.3, -0.25) is 0 Å². The standard InChI is InChI=1S/C18H22N4/c1-4-15-7-6-14(8-16(15)5-2)10-21-13(3)18(19)9-17-11-20-12-22-17/h4-8,11-12,18,21H,1-3,9-10,19H2,(H,20,22). The van der Waals surface area contributed by atoms with Crippen molar-refractivity contribution >= 4 is 12.2 Å². The van der Waals surface area contributed by atoms with Gasteiger partial charge in [0.15, 0.2) is 0 Å². The van der Waals surface area contributed by atoms with Crippen LogP contribution in [0.1, 0.15) is 22.4 Å². The van der Waals surface area contributed by atoms with Crippen LogP contribution in [-0.2, 0) is 13.0 Å². The van der Waals surface area contributed by atoms with E-state index in [9.17, 15) is 0 Å². The summed E-state index contributed by atoms with van der Waals surface area (Å²) in [7, 11) is 0. The third-order valence-corrected chi connectivity index (χ3v) is 3.55. The maximum Gasteiger partial charge on any atom is 0.0921 e. The predicted octanol–water partition coefficient (Wildman–Crippen LogP) is 2.87. The van der Waals surface area contributed by atoms with Crippen LogP contribution >= 0.6 is 0 Å². The van der Waals surface area contributed by atoms with E-state index in [1.165, 1.54) is 0 Å². The molecule has 2 rings (SSSR count). The minimum Gasteiger partial charge on any atom is -0.383 e. The number of imidazole rings is 1. The number of nitrogens with two attached hydrogens (primary N) is 1. The first-order valence-electron chi connectivity index (χ1n) is 7.17. The summed E-state index contributed by atoms with van der Waals surface area (Å²) in [5.41, 5.74) is 11.2. The summed E-state index contributed by atoms with van der Waals surface area (Å²) in [6, 6.07) is 6.02. The van der Waals surface area contributed by atoms with Gasteiger partial charge in [-0.2, -0.15) is 0 Å². The third-order valence-electron chi connectivity index (χ3n) is 3.55. The summed E-state index contributed by atoms with van der Waals surface area (Å²) in [6.07, 6.45) is 7.76. The largest absolute Gasteiger partial charge is 0.383 e. The molecule has 0 fully saturated rings. The average molecular weight is 294 g/mol. The first kappa shape index (κ1) is 15.8. The van der Waals surface area contributed by atoms with Crippen LogP contribution in [0.3, 0.4) is 0 Å². The van der Waals surface area contributed by atoms with Gasteiger partial charge in [-0.15, -0.1) is 0 Å². The van der Waals surface area contributed by atoms with Crippen molar-refractivity contribution < 1.29 is 0 Å². The van der Waals surface area contributed by atoms with Gasteiger partial charge in [-0.1, -0.05) is 44.0 Å². The number of benzene rings is 1. The van der Waals surface area contributed by atoms with E-state index in [4.69, 9.17) is 5.73 Å². The van der Waals surface area contributed by atoms with Gasteiger partial charge in [0.2, 0.25) is 0 Å². The zero-order valence-electron chi connectivity index (χ0n) is 12.7. The lowest BCUT2D eigenvalue weighted by atomic mass is 10.0. The molecule has 0 aliphatic rings. The molecule has 22 heavy (non-hydrogen) atoms. The zero-order valence-corrected chi connectivity index (χ0v) is 12.7. The van der Waals surface area contributed by atoms with Crippen molar-refractivity contribution in [3.05, 3.63) is 78.5 Å². The molecule has 2 aromatic rings. The highest BCUT2D eigenvalue weighted by molar-refractivity contribution is 5.64. The molecule has 1 atom stereocenters. The van der Waals surface area contributed by atoms with Gasteiger partial charge in [0.05, 0.1) is 6.33 Å². The van der Waals surface area contributed by atoms with E-state index in [-0.39, 0.29) is 6.04 Å². The molecule has 0 aliphatic heterocycles. The maximum absolute atomic E-state index is 6.14. The number of aromatic nitrogens is 2. The van der Waals surface area contributed by atoms with E-state index in [1.807, 2.05) is 18.2 Å². The second kappa shape index (κ2) is 7.43. The van der Waals surface area contributed by atoms with E-state index >= 15 is 0 Å². The number of aromatic amines is 1. The molecule has 0 amide bonds. The molecular weight excluding hydrogens is 272 g/mol. The smallest absolute Gasteiger partial charge is 0.0921 e. The van der Waals surface area contributed by atoms with Crippen LogP contribution in [-0.4, -0.2) is 16.0 Å². The Kier molecular flexibility index (Phi) is 5.33. The zero-order chi connectivity index (χ0) is 15.9. The normalized spacial score (nSPS) is 11.7. The van der Waals surface area contributed by atoms with Gasteiger partial charge in [-0.25, -0.2) is 4.98 Å². The van der Waals surface area contributed by atoms with Crippen molar-refractivity contribution in [3.8, 4) is 0 Å². The predicted molar refractivity (Wildman–Crippen MR) is 92.9 cm³/mol. The van der Waals surface area contributed by atoms with Crippen molar-refractivity contribution in [1.82, 2.24) is 15.3 Å². The molecule has 114 valence electrons. The lowest BCUT2D eigenvalue weighted by Crippen LogP contribution is -2.32. The maximum atomic E-state index is 6.14. The van der Waals surface area contributed by atoms with Crippen LogP contribution in [0.15, 0.2) is 56.2 Å². The Morgan fingerprint density at radius 2 is 2.09 bits per heavy atom. The summed E-state index contributed by atoms with van der Waals surface area (Å²) in [5.74, 6) is 0. The van der Waals surface area contributed by atoms with E-state index < -0.39 is 0 Å². The molecule has 0 saturated heterocycles. The molecule has 4 nitrogen and oxygen atoms in total. The SMILES string of the molecule is C=Cc1ccc(CNC(=C)C(N)Cc2cnc[nH]2)cc1C=C. The lowest BCUT2D eigenvalue weighted by molar-refractivity contribution is 0.661. The fourth-order valence-corrected chi connectivity index (χ4v) is 2.20. The van der Waals surface area contributed by atoms with Crippen LogP contribution in [0.5, 0.6) is 0 Å². The first-order valence-corrected chi connectivity index (χ1v) is 7.17. The molecule has 0 spiro atoms. The molecule has 0 aliphatic carbocycles. The number of nitrogens with zero attached hydrogens (tertiary/aromatic N) is 1. The molecule has 1 unspecified atom stereocenters. The Hall–Kier alpha value is -2.59. The van der Waals surface area contributed by atoms with Gasteiger partial charge in [-0.05, 0) is 22.8 Å². The molecule has 1 aromatic carbocycles. The summed E-state index contributed by atoms with van der Waals surface area (Å²) >= 11 is 0. The number of nitrogens with one attached hydrogen (secondary N) is 2. The number of hydrogen-bond acceptors (Lipinski definition) is 3. The molecule has 4 N–H and O–H groups in total. The highest BCUT2D eigenvalue weighted by Crippen LogP contribution is 2.15. The van der Waals surface area contributed by atoms with Gasteiger partial charge >= 0.3 is 0 Å². The van der Waals surface area contributed by atoms with Crippen LogP contribution in [0.25, 0.3) is 12.2 Å². The lowest BCUT2D eigenvalue weighted by Gasteiger charge is -2.16. The molecular formula is C18H22N4. The molecule has 4 heteroatoms. The van der Waals surface area contributed by atoms with Crippen molar-refractivity contribution in [3.63, 3.8) is 0 Å². The van der Waals surface area contributed by atoms with Gasteiger partial charge in [0.1, 0.15) is 0 Å². The summed E-state index contributed by atoms with van der Waals surface area (Å²) in [5, 5.41) is 3.29. The van der Waals surface area contributed by atoms with E-state index in [2.05, 4.69) is 47.2 Å². The van der Waals surface area contributed by atoms with Crippen molar-refractivity contribution in [1.29, 1.82) is 0 Å². The van der Waals surface area contributed by atoms with Crippen molar-refractivity contribution in [2.45, 2.75) is 19.0 Å². The van der Waals surface area contributed by atoms with E-state index in [0.717, 1.165) is 28.1 Å². The Balaban J connectivity index is 1.93. The molecule has 0 bridgehead atoms. The van der Waals surface area contributed by atoms with Crippen molar-refractivity contribution in [2.75, 3.05) is 0 Å². The molecule has 1 heterocycles. The Bertz CT molecular complexity index is 656. The highest BCUT2D eigenvalue weighted by atomic mass is 14.9. The Labute approximate surface area is 131 Å². The quantitative estimate of drug-likeness (QED) is 0.701. The molecule has 0 saturated carbocycles. The Morgan fingerprint density at radius 3 is 2.73 bits per heavy atom. The van der Waals surface area contributed by atoms with Gasteiger partial charge < -0.3 is 16.0 Å². The van der Waals surface area contributed by atoms with Crippen LogP contribution < -0.4 is 11.1 Å². The third kappa shape index (κ3) is 3.96. The number of H-pyrrole nitrogens is 1. The number of rotatable bonds is 8. The minimum absolute atomic E-state index is 0.160. The summed E-state index contributed by atoms with van der Waals surface area (Å²) in [6.45, 7) is 12.3. The Morgan fingerprint density at radius 1 is 1.32 bits per heavy atom. The topological polar surface area (TPSA) is 66.7 Å². The van der Waals surface area contributed by atoms with Crippen LogP contribution in [0.2, 0.25) is 0 Å². The average Bonchev–Trinajstić information content (AvgIpc) is 3.05. The fourth-order valence-electron chi connectivity index (χ4n) is 2.20. The second-order valence-corrected chi connectivity index (χ2v) is 5.14. The summed E-state index contributed by atoms with van der Waals surface area (Å²) in [4.78, 5) is 7.03. The monoisotopic (exact) mass is 294 g/mol. The second-order valence-electron chi connectivity index (χ2n) is 5.14. The van der Waals surface area contributed by atoms with E-state index in [0.29, 0.717) is 13.0 Å². The van der Waals surface area contributed by atoms with Crippen molar-refractivity contribution in [2.24, 2.45) is 5.73 Å². The molecule has 1 aromatic heterocycles. The van der Waals surface area contributed by atoms with E-state index in [1.54, 1.807) is 12.5 Å². The number of hydrogen-bond donors (Lipinski definition) is 3. The van der Waals surface area contributed by atoms with Crippen LogP contribution in [0.4, 0.5) is 0 Å². The van der Waals surface area contributed by atoms with Gasteiger partial charge in [0.25, 0.3) is 0 Å². The van der Waals surface area contributed by atoms with Gasteiger partial charge in [0, 0.05) is 36.6 Å². The van der Waals surface area contributed by atoms with Crippen LogP contribution in [0, 0.1) is 0 Å². The highest BCUT2D eigenvalue weighted by Gasteiger charge is 2.09. The molecule has 0 radical (unpaired) electrons. The minimum atomic E-state index is -0.160.